The van der Waals surface area contributed by atoms with Gasteiger partial charge in [-0.05, 0) is 34.5 Å². The summed E-state index contributed by atoms with van der Waals surface area (Å²) in [5, 5.41) is 2.72. The van der Waals surface area contributed by atoms with E-state index in [1.54, 1.807) is 6.26 Å². The van der Waals surface area contributed by atoms with E-state index < -0.39 is 8.32 Å². The SMILES string of the molecule is CCC(C)[Si](OCCCc1ccco1)(c1ccccc1)c1ccccc1. The van der Waals surface area contributed by atoms with Crippen molar-refractivity contribution in [3.63, 3.8) is 0 Å². The van der Waals surface area contributed by atoms with E-state index >= 15 is 0 Å². The fourth-order valence-corrected chi connectivity index (χ4v) is 8.14. The molecule has 3 rings (SSSR count). The van der Waals surface area contributed by atoms with Gasteiger partial charge in [0.2, 0.25) is 0 Å². The van der Waals surface area contributed by atoms with Gasteiger partial charge in [0.1, 0.15) is 5.76 Å². The zero-order valence-electron chi connectivity index (χ0n) is 15.7. The van der Waals surface area contributed by atoms with Crippen molar-refractivity contribution in [2.45, 2.75) is 38.7 Å². The molecule has 1 atom stereocenters. The van der Waals surface area contributed by atoms with Crippen molar-refractivity contribution in [3.8, 4) is 0 Å². The summed E-state index contributed by atoms with van der Waals surface area (Å²) in [6.07, 6.45) is 4.73. The van der Waals surface area contributed by atoms with Crippen LogP contribution in [-0.4, -0.2) is 14.9 Å². The van der Waals surface area contributed by atoms with E-state index in [2.05, 4.69) is 74.5 Å². The number of hydrogen-bond acceptors (Lipinski definition) is 2. The monoisotopic (exact) mass is 364 g/mol. The molecule has 3 heteroatoms. The first-order chi connectivity index (χ1) is 12.8. The molecule has 26 heavy (non-hydrogen) atoms. The van der Waals surface area contributed by atoms with Crippen LogP contribution < -0.4 is 10.4 Å². The van der Waals surface area contributed by atoms with Crippen LogP contribution in [0.5, 0.6) is 0 Å². The predicted molar refractivity (Wildman–Crippen MR) is 111 cm³/mol. The third-order valence-corrected chi connectivity index (χ3v) is 10.0. The Bertz CT molecular complexity index is 714. The second-order valence-electron chi connectivity index (χ2n) is 6.81. The fraction of sp³-hybridized carbons (Fsp3) is 0.304. The van der Waals surface area contributed by atoms with Crippen molar-refractivity contribution in [1.29, 1.82) is 0 Å². The molecule has 3 aromatic rings. The van der Waals surface area contributed by atoms with Crippen LogP contribution in [0.1, 0.15) is 32.4 Å². The second kappa shape index (κ2) is 9.02. The minimum absolute atomic E-state index is 0.496. The molecule has 1 unspecified atom stereocenters. The van der Waals surface area contributed by atoms with Gasteiger partial charge in [-0.1, -0.05) is 80.9 Å². The average Bonchev–Trinajstić information content (AvgIpc) is 3.23. The lowest BCUT2D eigenvalue weighted by Crippen LogP contribution is -2.63. The van der Waals surface area contributed by atoms with Crippen molar-refractivity contribution in [3.05, 3.63) is 84.8 Å². The molecule has 0 aliphatic rings. The van der Waals surface area contributed by atoms with Gasteiger partial charge in [0.15, 0.2) is 0 Å². The Morgan fingerprint density at radius 2 is 1.50 bits per heavy atom. The van der Waals surface area contributed by atoms with Crippen LogP contribution in [0.25, 0.3) is 0 Å². The Morgan fingerprint density at radius 3 is 2.00 bits per heavy atom. The molecule has 0 fully saturated rings. The van der Waals surface area contributed by atoms with E-state index in [0.717, 1.165) is 31.6 Å². The molecule has 1 heterocycles. The zero-order chi connectivity index (χ0) is 18.2. The van der Waals surface area contributed by atoms with E-state index in [4.69, 9.17) is 8.84 Å². The molecule has 0 amide bonds. The Balaban J connectivity index is 1.89. The smallest absolute Gasteiger partial charge is 0.258 e. The Kier molecular flexibility index (Phi) is 6.48. The number of furan rings is 1. The summed E-state index contributed by atoms with van der Waals surface area (Å²) < 4.78 is 12.3. The molecule has 0 bridgehead atoms. The number of aryl methyl sites for hydroxylation is 1. The summed E-state index contributed by atoms with van der Waals surface area (Å²) in [6, 6.07) is 25.7. The topological polar surface area (TPSA) is 22.4 Å². The maximum absolute atomic E-state index is 6.85. The minimum Gasteiger partial charge on any atom is -0.469 e. The molecule has 0 aliphatic carbocycles. The van der Waals surface area contributed by atoms with Gasteiger partial charge in [0.25, 0.3) is 8.32 Å². The van der Waals surface area contributed by atoms with Crippen LogP contribution in [0.15, 0.2) is 83.5 Å². The van der Waals surface area contributed by atoms with E-state index in [1.165, 1.54) is 10.4 Å². The quantitative estimate of drug-likeness (QED) is 0.402. The largest absolute Gasteiger partial charge is 0.469 e. The molecular formula is C23H28O2Si. The lowest BCUT2D eigenvalue weighted by Gasteiger charge is -2.37. The lowest BCUT2D eigenvalue weighted by molar-refractivity contribution is 0.297. The molecule has 2 nitrogen and oxygen atoms in total. The van der Waals surface area contributed by atoms with Crippen LogP contribution in [-0.2, 0) is 10.8 Å². The Labute approximate surface area is 158 Å². The molecule has 0 saturated heterocycles. The van der Waals surface area contributed by atoms with Crippen molar-refractivity contribution in [2.24, 2.45) is 0 Å². The molecule has 2 aromatic carbocycles. The van der Waals surface area contributed by atoms with E-state index in [1.807, 2.05) is 12.1 Å². The summed E-state index contributed by atoms with van der Waals surface area (Å²) >= 11 is 0. The third-order valence-electron chi connectivity index (χ3n) is 5.19. The third kappa shape index (κ3) is 4.00. The highest BCUT2D eigenvalue weighted by atomic mass is 28.4. The van der Waals surface area contributed by atoms with Gasteiger partial charge in [-0.2, -0.15) is 0 Å². The van der Waals surface area contributed by atoms with Crippen molar-refractivity contribution in [2.75, 3.05) is 6.61 Å². The molecule has 0 aliphatic heterocycles. The van der Waals surface area contributed by atoms with Crippen LogP contribution in [0.2, 0.25) is 5.54 Å². The Morgan fingerprint density at radius 1 is 0.885 bits per heavy atom. The average molecular weight is 365 g/mol. The summed E-state index contributed by atoms with van der Waals surface area (Å²) in [7, 11) is -2.30. The molecular weight excluding hydrogens is 336 g/mol. The fourth-order valence-electron chi connectivity index (χ4n) is 3.64. The van der Waals surface area contributed by atoms with Crippen molar-refractivity contribution < 1.29 is 8.84 Å². The van der Waals surface area contributed by atoms with Gasteiger partial charge in [-0.15, -0.1) is 0 Å². The maximum Gasteiger partial charge on any atom is 0.258 e. The summed E-state index contributed by atoms with van der Waals surface area (Å²) in [6.45, 7) is 5.37. The van der Waals surface area contributed by atoms with Gasteiger partial charge in [0, 0.05) is 13.0 Å². The highest BCUT2D eigenvalue weighted by Crippen LogP contribution is 2.26. The molecule has 0 radical (unpaired) electrons. The highest BCUT2D eigenvalue weighted by Gasteiger charge is 2.43. The standard InChI is InChI=1S/C23H28O2Si/c1-3-20(2)26(22-14-6-4-7-15-22,23-16-8-5-9-17-23)25-19-11-13-21-12-10-18-24-21/h4-10,12,14-18,20H,3,11,13,19H2,1-2H3. The van der Waals surface area contributed by atoms with E-state index in [-0.39, 0.29) is 0 Å². The summed E-state index contributed by atoms with van der Waals surface area (Å²) in [5.74, 6) is 1.03. The van der Waals surface area contributed by atoms with E-state index in [9.17, 15) is 0 Å². The summed E-state index contributed by atoms with van der Waals surface area (Å²) in [5.41, 5.74) is 0.496. The first kappa shape index (κ1) is 18.7. The van der Waals surface area contributed by atoms with Gasteiger partial charge < -0.3 is 8.84 Å². The molecule has 0 spiro atoms. The summed E-state index contributed by atoms with van der Waals surface area (Å²) in [4.78, 5) is 0. The van der Waals surface area contributed by atoms with Gasteiger partial charge >= 0.3 is 0 Å². The van der Waals surface area contributed by atoms with Gasteiger partial charge in [-0.25, -0.2) is 0 Å². The number of hydrogen-bond donors (Lipinski definition) is 0. The first-order valence-electron chi connectivity index (χ1n) is 9.54. The van der Waals surface area contributed by atoms with E-state index in [0.29, 0.717) is 5.54 Å². The normalized spacial score (nSPS) is 12.8. The Hall–Kier alpha value is -2.10. The molecule has 1 aromatic heterocycles. The first-order valence-corrected chi connectivity index (χ1v) is 11.5. The van der Waals surface area contributed by atoms with Crippen molar-refractivity contribution >= 4 is 18.7 Å². The number of benzene rings is 2. The second-order valence-corrected chi connectivity index (χ2v) is 10.7. The van der Waals surface area contributed by atoms with Crippen LogP contribution in [0.3, 0.4) is 0 Å². The van der Waals surface area contributed by atoms with Gasteiger partial charge in [-0.3, -0.25) is 0 Å². The van der Waals surface area contributed by atoms with Crippen molar-refractivity contribution in [1.82, 2.24) is 0 Å². The number of rotatable bonds is 9. The zero-order valence-corrected chi connectivity index (χ0v) is 16.7. The van der Waals surface area contributed by atoms with Gasteiger partial charge in [0.05, 0.1) is 6.26 Å². The van der Waals surface area contributed by atoms with Crippen LogP contribution in [0, 0.1) is 0 Å². The molecule has 0 N–H and O–H groups in total. The lowest BCUT2D eigenvalue weighted by atomic mass is 10.3. The minimum atomic E-state index is -2.30. The molecule has 0 saturated carbocycles. The highest BCUT2D eigenvalue weighted by molar-refractivity contribution is 6.98. The van der Waals surface area contributed by atoms with Crippen LogP contribution >= 0.6 is 0 Å². The maximum atomic E-state index is 6.85. The molecule has 136 valence electrons. The predicted octanol–water partition coefficient (Wildman–Crippen LogP) is 4.79. The van der Waals surface area contributed by atoms with Crippen LogP contribution in [0.4, 0.5) is 0 Å².